The molecule has 7 nitrogen and oxygen atoms in total. The Labute approximate surface area is 135 Å². The van der Waals surface area contributed by atoms with Crippen LogP contribution in [-0.2, 0) is 9.59 Å². The maximum absolute atomic E-state index is 12.1. The molecule has 0 aliphatic carbocycles. The summed E-state index contributed by atoms with van der Waals surface area (Å²) in [6.45, 7) is 4.99. The lowest BCUT2D eigenvalue weighted by atomic mass is 10.1. The molecule has 124 valence electrons. The Morgan fingerprint density at radius 1 is 1.35 bits per heavy atom. The van der Waals surface area contributed by atoms with E-state index in [-0.39, 0.29) is 36.1 Å². The molecule has 23 heavy (non-hydrogen) atoms. The Morgan fingerprint density at radius 3 is 2.70 bits per heavy atom. The molecule has 0 saturated carbocycles. The van der Waals surface area contributed by atoms with Crippen molar-refractivity contribution in [2.75, 3.05) is 19.6 Å². The SMILES string of the molecule is CC(C)N1CC(C(=O)NCCNC(=O)c2cccnc2)CC1=O. The lowest BCUT2D eigenvalue weighted by Gasteiger charge is -2.20. The van der Waals surface area contributed by atoms with Gasteiger partial charge in [0.1, 0.15) is 0 Å². The number of hydrogen-bond acceptors (Lipinski definition) is 4. The molecule has 1 fully saturated rings. The first-order valence-corrected chi connectivity index (χ1v) is 7.74. The van der Waals surface area contributed by atoms with Gasteiger partial charge in [-0.05, 0) is 26.0 Å². The van der Waals surface area contributed by atoms with Crippen LogP contribution in [0.25, 0.3) is 0 Å². The molecule has 1 aromatic rings. The molecule has 1 aromatic heterocycles. The van der Waals surface area contributed by atoms with E-state index < -0.39 is 0 Å². The molecule has 1 atom stereocenters. The van der Waals surface area contributed by atoms with E-state index in [1.165, 1.54) is 6.20 Å². The predicted molar refractivity (Wildman–Crippen MR) is 84.5 cm³/mol. The Kier molecular flexibility index (Phi) is 5.67. The van der Waals surface area contributed by atoms with Gasteiger partial charge in [0.2, 0.25) is 11.8 Å². The fourth-order valence-electron chi connectivity index (χ4n) is 2.51. The molecule has 0 aromatic carbocycles. The van der Waals surface area contributed by atoms with Crippen LogP contribution in [0.15, 0.2) is 24.5 Å². The minimum atomic E-state index is -0.307. The Balaban J connectivity index is 1.70. The van der Waals surface area contributed by atoms with Crippen LogP contribution in [0.2, 0.25) is 0 Å². The maximum atomic E-state index is 12.1. The lowest BCUT2D eigenvalue weighted by molar-refractivity contribution is -0.129. The Bertz CT molecular complexity index is 574. The summed E-state index contributed by atoms with van der Waals surface area (Å²) in [6, 6.07) is 3.47. The van der Waals surface area contributed by atoms with E-state index in [0.717, 1.165) is 0 Å². The van der Waals surface area contributed by atoms with Crippen molar-refractivity contribution in [1.82, 2.24) is 20.5 Å². The monoisotopic (exact) mass is 318 g/mol. The summed E-state index contributed by atoms with van der Waals surface area (Å²) in [5.74, 6) is -0.657. The molecule has 0 bridgehead atoms. The molecule has 1 aliphatic heterocycles. The fraction of sp³-hybridized carbons (Fsp3) is 0.500. The number of rotatable bonds is 6. The third-order valence-corrected chi connectivity index (χ3v) is 3.79. The van der Waals surface area contributed by atoms with Gasteiger partial charge >= 0.3 is 0 Å². The minimum Gasteiger partial charge on any atom is -0.354 e. The maximum Gasteiger partial charge on any atom is 0.252 e. The smallest absolute Gasteiger partial charge is 0.252 e. The van der Waals surface area contributed by atoms with Gasteiger partial charge in [-0.2, -0.15) is 0 Å². The number of nitrogens with one attached hydrogen (secondary N) is 2. The van der Waals surface area contributed by atoms with Crippen molar-refractivity contribution < 1.29 is 14.4 Å². The first kappa shape index (κ1) is 16.9. The molecule has 3 amide bonds. The highest BCUT2D eigenvalue weighted by Gasteiger charge is 2.35. The van der Waals surface area contributed by atoms with Crippen molar-refractivity contribution in [3.8, 4) is 0 Å². The van der Waals surface area contributed by atoms with Crippen molar-refractivity contribution in [3.05, 3.63) is 30.1 Å². The number of amides is 3. The summed E-state index contributed by atoms with van der Waals surface area (Å²) >= 11 is 0. The van der Waals surface area contributed by atoms with Crippen LogP contribution in [0.4, 0.5) is 0 Å². The zero-order chi connectivity index (χ0) is 16.8. The van der Waals surface area contributed by atoms with E-state index in [1.54, 1.807) is 23.2 Å². The predicted octanol–water partition coefficient (Wildman–Crippen LogP) is 0.185. The molecule has 1 aliphatic rings. The Morgan fingerprint density at radius 2 is 2.09 bits per heavy atom. The summed E-state index contributed by atoms with van der Waals surface area (Å²) in [4.78, 5) is 41.2. The van der Waals surface area contributed by atoms with Crippen LogP contribution in [-0.4, -0.2) is 53.3 Å². The van der Waals surface area contributed by atoms with E-state index in [2.05, 4.69) is 15.6 Å². The molecular weight excluding hydrogens is 296 g/mol. The average Bonchev–Trinajstić information content (AvgIpc) is 2.94. The molecule has 2 rings (SSSR count). The van der Waals surface area contributed by atoms with Gasteiger partial charge in [0, 0.05) is 44.5 Å². The van der Waals surface area contributed by atoms with Crippen molar-refractivity contribution in [2.45, 2.75) is 26.3 Å². The fourth-order valence-corrected chi connectivity index (χ4v) is 2.51. The van der Waals surface area contributed by atoms with Crippen molar-refractivity contribution >= 4 is 17.7 Å². The molecule has 7 heteroatoms. The van der Waals surface area contributed by atoms with Crippen LogP contribution in [0.1, 0.15) is 30.6 Å². The second-order valence-electron chi connectivity index (χ2n) is 5.83. The van der Waals surface area contributed by atoms with Crippen molar-refractivity contribution in [2.24, 2.45) is 5.92 Å². The topological polar surface area (TPSA) is 91.4 Å². The molecule has 0 spiro atoms. The number of aromatic nitrogens is 1. The number of carbonyl (C=O) groups excluding carboxylic acids is 3. The van der Waals surface area contributed by atoms with Crippen LogP contribution < -0.4 is 10.6 Å². The van der Waals surface area contributed by atoms with Gasteiger partial charge in [-0.1, -0.05) is 0 Å². The molecule has 1 saturated heterocycles. The van der Waals surface area contributed by atoms with Gasteiger partial charge in [-0.25, -0.2) is 0 Å². The third kappa shape index (κ3) is 4.51. The first-order valence-electron chi connectivity index (χ1n) is 7.74. The Hall–Kier alpha value is -2.44. The third-order valence-electron chi connectivity index (χ3n) is 3.79. The van der Waals surface area contributed by atoms with Crippen molar-refractivity contribution in [1.29, 1.82) is 0 Å². The number of likely N-dealkylation sites (tertiary alicyclic amines) is 1. The molecule has 1 unspecified atom stereocenters. The van der Waals surface area contributed by atoms with Crippen LogP contribution in [0.5, 0.6) is 0 Å². The number of nitrogens with zero attached hydrogens (tertiary/aromatic N) is 2. The van der Waals surface area contributed by atoms with Crippen molar-refractivity contribution in [3.63, 3.8) is 0 Å². The van der Waals surface area contributed by atoms with E-state index in [4.69, 9.17) is 0 Å². The highest BCUT2D eigenvalue weighted by molar-refractivity contribution is 5.93. The summed E-state index contributed by atoms with van der Waals surface area (Å²) in [6.07, 6.45) is 3.34. The number of hydrogen-bond donors (Lipinski definition) is 2. The largest absolute Gasteiger partial charge is 0.354 e. The van der Waals surface area contributed by atoms with Gasteiger partial charge in [0.25, 0.3) is 5.91 Å². The second kappa shape index (κ2) is 7.71. The molecule has 2 N–H and O–H groups in total. The summed E-state index contributed by atoms with van der Waals surface area (Å²) in [7, 11) is 0. The summed E-state index contributed by atoms with van der Waals surface area (Å²) in [5.41, 5.74) is 0.479. The van der Waals surface area contributed by atoms with E-state index in [1.807, 2.05) is 13.8 Å². The quantitative estimate of drug-likeness (QED) is 0.732. The summed E-state index contributed by atoms with van der Waals surface area (Å²) < 4.78 is 0. The number of pyridine rings is 1. The highest BCUT2D eigenvalue weighted by atomic mass is 16.2. The van der Waals surface area contributed by atoms with Gasteiger partial charge in [0.15, 0.2) is 0 Å². The lowest BCUT2D eigenvalue weighted by Crippen LogP contribution is -2.39. The van der Waals surface area contributed by atoms with Gasteiger partial charge in [0.05, 0.1) is 11.5 Å². The van der Waals surface area contributed by atoms with Crippen LogP contribution >= 0.6 is 0 Å². The zero-order valence-electron chi connectivity index (χ0n) is 13.4. The van der Waals surface area contributed by atoms with E-state index in [9.17, 15) is 14.4 Å². The van der Waals surface area contributed by atoms with E-state index >= 15 is 0 Å². The van der Waals surface area contributed by atoms with E-state index in [0.29, 0.717) is 25.2 Å². The zero-order valence-corrected chi connectivity index (χ0v) is 13.4. The standard InChI is InChI=1S/C16H22N4O3/c1-11(2)20-10-13(8-14(20)21)16(23)19-7-6-18-15(22)12-4-3-5-17-9-12/h3-5,9,11,13H,6-8,10H2,1-2H3,(H,18,22)(H,19,23). The molecule has 2 heterocycles. The van der Waals surface area contributed by atoms with Gasteiger partial charge < -0.3 is 15.5 Å². The highest BCUT2D eigenvalue weighted by Crippen LogP contribution is 2.19. The molecule has 0 radical (unpaired) electrons. The second-order valence-corrected chi connectivity index (χ2v) is 5.83. The van der Waals surface area contributed by atoms with Crippen LogP contribution in [0.3, 0.4) is 0 Å². The number of carbonyl (C=O) groups is 3. The first-order chi connectivity index (χ1) is 11.0. The van der Waals surface area contributed by atoms with Gasteiger partial charge in [-0.15, -0.1) is 0 Å². The summed E-state index contributed by atoms with van der Waals surface area (Å²) in [5, 5.41) is 5.47. The van der Waals surface area contributed by atoms with Crippen LogP contribution in [0, 0.1) is 5.92 Å². The normalized spacial score (nSPS) is 17.4. The average molecular weight is 318 g/mol. The van der Waals surface area contributed by atoms with Gasteiger partial charge in [-0.3, -0.25) is 19.4 Å². The molecular formula is C16H22N4O3. The minimum absolute atomic E-state index is 0.0185.